The molecular weight excluding hydrogens is 360 g/mol. The number of para-hydroxylation sites is 2. The van der Waals surface area contributed by atoms with E-state index in [9.17, 15) is 8.42 Å². The number of hydrogen-bond acceptors (Lipinski definition) is 4. The molecule has 0 aliphatic rings. The average molecular weight is 374 g/mol. The molecule has 0 fully saturated rings. The topological polar surface area (TPSA) is 87.8 Å². The fourth-order valence-electron chi connectivity index (χ4n) is 2.78. The summed E-state index contributed by atoms with van der Waals surface area (Å²) in [6.45, 7) is 0. The lowest BCUT2D eigenvalue weighted by atomic mass is 10.2. The summed E-state index contributed by atoms with van der Waals surface area (Å²) in [5, 5.41) is 8.82. The van der Waals surface area contributed by atoms with Gasteiger partial charge in [0.2, 0.25) is 0 Å². The predicted octanol–water partition coefficient (Wildman–Crippen LogP) is 3.70. The zero-order chi connectivity index (χ0) is 18.9. The molecule has 4 rings (SSSR count). The molecule has 27 heavy (non-hydrogen) atoms. The smallest absolute Gasteiger partial charge is 0.261 e. The zero-order valence-electron chi connectivity index (χ0n) is 14.1. The Balaban J connectivity index is 1.59. The molecule has 0 amide bonds. The number of aromatic nitrogens is 2. The first-order valence-electron chi connectivity index (χ1n) is 8.12. The summed E-state index contributed by atoms with van der Waals surface area (Å²) in [7, 11) is -3.72. The quantitative estimate of drug-likeness (QED) is 0.590. The Labute approximate surface area is 156 Å². The van der Waals surface area contributed by atoms with Gasteiger partial charge in [-0.2, -0.15) is 5.26 Å². The van der Waals surface area contributed by atoms with Gasteiger partial charge in [-0.25, -0.2) is 13.4 Å². The van der Waals surface area contributed by atoms with Gasteiger partial charge in [-0.05, 0) is 60.7 Å². The average Bonchev–Trinajstić information content (AvgIpc) is 3.12. The molecule has 0 saturated heterocycles. The van der Waals surface area contributed by atoms with Gasteiger partial charge in [-0.1, -0.05) is 12.1 Å². The Morgan fingerprint density at radius 3 is 2.33 bits per heavy atom. The summed E-state index contributed by atoms with van der Waals surface area (Å²) in [5.74, 6) is 0. The third-order valence-electron chi connectivity index (χ3n) is 4.14. The minimum atomic E-state index is -3.72. The van der Waals surface area contributed by atoms with Crippen molar-refractivity contribution in [1.29, 1.82) is 5.26 Å². The van der Waals surface area contributed by atoms with Crippen LogP contribution in [0.3, 0.4) is 0 Å². The summed E-state index contributed by atoms with van der Waals surface area (Å²) in [4.78, 5) is 4.46. The Morgan fingerprint density at radius 1 is 0.926 bits per heavy atom. The van der Waals surface area contributed by atoms with Gasteiger partial charge in [0, 0.05) is 11.4 Å². The number of hydrogen-bond donors (Lipinski definition) is 1. The second-order valence-electron chi connectivity index (χ2n) is 5.89. The third-order valence-corrected chi connectivity index (χ3v) is 5.54. The van der Waals surface area contributed by atoms with Gasteiger partial charge in [0.25, 0.3) is 10.0 Å². The fraction of sp³-hybridized carbons (Fsp3) is 0. The van der Waals surface area contributed by atoms with E-state index in [0.717, 1.165) is 16.7 Å². The van der Waals surface area contributed by atoms with Crippen molar-refractivity contribution in [2.24, 2.45) is 0 Å². The number of benzene rings is 3. The summed E-state index contributed by atoms with van der Waals surface area (Å²) < 4.78 is 29.4. The third kappa shape index (κ3) is 3.26. The summed E-state index contributed by atoms with van der Waals surface area (Å²) in [5.41, 5.74) is 3.61. The molecule has 0 aliphatic carbocycles. The highest BCUT2D eigenvalue weighted by Crippen LogP contribution is 2.21. The van der Waals surface area contributed by atoms with E-state index in [4.69, 9.17) is 5.26 Å². The molecule has 4 aromatic rings. The van der Waals surface area contributed by atoms with Crippen molar-refractivity contribution in [3.05, 3.63) is 84.7 Å². The second-order valence-corrected chi connectivity index (χ2v) is 7.57. The molecule has 0 radical (unpaired) electrons. The molecule has 0 saturated carbocycles. The monoisotopic (exact) mass is 374 g/mol. The van der Waals surface area contributed by atoms with Crippen molar-refractivity contribution >= 4 is 26.7 Å². The number of anilines is 1. The molecule has 3 aromatic carbocycles. The molecule has 0 bridgehead atoms. The standard InChI is InChI=1S/C20H14N4O2S/c21-13-15-5-11-18(12-6-15)27(25,26)23-16-7-9-17(10-8-16)24-14-22-19-3-1-2-4-20(19)24/h1-12,14,23H. The lowest BCUT2D eigenvalue weighted by molar-refractivity contribution is 0.601. The van der Waals surface area contributed by atoms with Gasteiger partial charge in [0.1, 0.15) is 6.33 Å². The van der Waals surface area contributed by atoms with Crippen LogP contribution in [0.15, 0.2) is 84.0 Å². The van der Waals surface area contributed by atoms with Crippen LogP contribution >= 0.6 is 0 Å². The van der Waals surface area contributed by atoms with Crippen LogP contribution in [0.5, 0.6) is 0 Å². The van der Waals surface area contributed by atoms with Gasteiger partial charge < -0.3 is 0 Å². The van der Waals surface area contributed by atoms with E-state index >= 15 is 0 Å². The van der Waals surface area contributed by atoms with Crippen molar-refractivity contribution in [3.8, 4) is 11.8 Å². The first-order valence-corrected chi connectivity index (χ1v) is 9.61. The largest absolute Gasteiger partial charge is 0.299 e. The minimum Gasteiger partial charge on any atom is -0.299 e. The van der Waals surface area contributed by atoms with Crippen LogP contribution < -0.4 is 4.72 Å². The number of rotatable bonds is 4. The van der Waals surface area contributed by atoms with Gasteiger partial charge in [0.05, 0.1) is 27.6 Å². The molecule has 132 valence electrons. The van der Waals surface area contributed by atoms with Crippen LogP contribution in [-0.4, -0.2) is 18.0 Å². The molecule has 0 spiro atoms. The van der Waals surface area contributed by atoms with E-state index in [1.165, 1.54) is 24.3 Å². The Hall–Kier alpha value is -3.63. The molecule has 1 N–H and O–H groups in total. The predicted molar refractivity (Wildman–Crippen MR) is 103 cm³/mol. The van der Waals surface area contributed by atoms with Crippen molar-refractivity contribution in [1.82, 2.24) is 9.55 Å². The highest BCUT2D eigenvalue weighted by atomic mass is 32.2. The Morgan fingerprint density at radius 2 is 1.63 bits per heavy atom. The lowest BCUT2D eigenvalue weighted by Gasteiger charge is -2.10. The number of nitriles is 1. The molecule has 1 heterocycles. The molecule has 6 nitrogen and oxygen atoms in total. The van der Waals surface area contributed by atoms with Crippen molar-refractivity contribution < 1.29 is 8.42 Å². The van der Waals surface area contributed by atoms with Crippen molar-refractivity contribution in [2.75, 3.05) is 4.72 Å². The molecule has 0 aliphatic heterocycles. The van der Waals surface area contributed by atoms with Gasteiger partial charge >= 0.3 is 0 Å². The summed E-state index contributed by atoms with van der Waals surface area (Å²) in [6.07, 6.45) is 1.74. The normalized spacial score (nSPS) is 11.2. The first kappa shape index (κ1) is 16.8. The number of fused-ring (bicyclic) bond motifs is 1. The van der Waals surface area contributed by atoms with E-state index in [-0.39, 0.29) is 4.90 Å². The molecule has 0 unspecified atom stereocenters. The van der Waals surface area contributed by atoms with Gasteiger partial charge in [-0.3, -0.25) is 9.29 Å². The molecule has 7 heteroatoms. The van der Waals surface area contributed by atoms with Gasteiger partial charge in [-0.15, -0.1) is 0 Å². The zero-order valence-corrected chi connectivity index (χ0v) is 14.9. The highest BCUT2D eigenvalue weighted by molar-refractivity contribution is 7.92. The van der Waals surface area contributed by atoms with Crippen LogP contribution in [0.25, 0.3) is 16.7 Å². The van der Waals surface area contributed by atoms with Crippen LogP contribution in [0.1, 0.15) is 5.56 Å². The van der Waals surface area contributed by atoms with E-state index < -0.39 is 10.0 Å². The van der Waals surface area contributed by atoms with Crippen molar-refractivity contribution in [3.63, 3.8) is 0 Å². The van der Waals surface area contributed by atoms with E-state index in [1.54, 1.807) is 18.5 Å². The maximum absolute atomic E-state index is 12.5. The number of sulfonamides is 1. The molecular formula is C20H14N4O2S. The van der Waals surface area contributed by atoms with Crippen LogP contribution in [0.4, 0.5) is 5.69 Å². The SMILES string of the molecule is N#Cc1ccc(S(=O)(=O)Nc2ccc(-n3cnc4ccccc43)cc2)cc1. The lowest BCUT2D eigenvalue weighted by Crippen LogP contribution is -2.12. The molecule has 1 aromatic heterocycles. The fourth-order valence-corrected chi connectivity index (χ4v) is 3.84. The van der Waals surface area contributed by atoms with E-state index in [1.807, 2.05) is 47.0 Å². The van der Waals surface area contributed by atoms with Crippen LogP contribution in [-0.2, 0) is 10.0 Å². The highest BCUT2D eigenvalue weighted by Gasteiger charge is 2.14. The maximum atomic E-state index is 12.5. The van der Waals surface area contributed by atoms with E-state index in [2.05, 4.69) is 9.71 Å². The second kappa shape index (κ2) is 6.59. The number of nitrogens with one attached hydrogen (secondary N) is 1. The van der Waals surface area contributed by atoms with E-state index in [0.29, 0.717) is 11.3 Å². The summed E-state index contributed by atoms with van der Waals surface area (Å²) >= 11 is 0. The maximum Gasteiger partial charge on any atom is 0.261 e. The molecule has 0 atom stereocenters. The number of nitrogens with zero attached hydrogens (tertiary/aromatic N) is 3. The minimum absolute atomic E-state index is 0.103. The van der Waals surface area contributed by atoms with Crippen LogP contribution in [0.2, 0.25) is 0 Å². The van der Waals surface area contributed by atoms with Gasteiger partial charge in [0.15, 0.2) is 0 Å². The van der Waals surface area contributed by atoms with Crippen molar-refractivity contribution in [2.45, 2.75) is 4.90 Å². The van der Waals surface area contributed by atoms with Crippen LogP contribution in [0, 0.1) is 11.3 Å². The Kier molecular flexibility index (Phi) is 4.11. The first-order chi connectivity index (χ1) is 13.1. The number of imidazole rings is 1. The summed E-state index contributed by atoms with van der Waals surface area (Å²) in [6, 6.07) is 22.6. The Bertz CT molecular complexity index is 1250.